The number of halogens is 1. The maximum atomic E-state index is 13.7. The average Bonchev–Trinajstić information content (AvgIpc) is 3.23. The van der Waals surface area contributed by atoms with Crippen molar-refractivity contribution in [1.29, 1.82) is 0 Å². The van der Waals surface area contributed by atoms with Gasteiger partial charge < -0.3 is 10.2 Å². The van der Waals surface area contributed by atoms with E-state index in [1.807, 2.05) is 42.5 Å². The number of aryl methyl sites for hydroxylation is 1. The minimum Gasteiger partial charge on any atom is -0.313 e. The number of hydrogen-bond donors (Lipinski definition) is 1. The van der Waals surface area contributed by atoms with E-state index in [1.165, 1.54) is 17.0 Å². The zero-order valence-corrected chi connectivity index (χ0v) is 19.5. The van der Waals surface area contributed by atoms with Crippen molar-refractivity contribution in [3.63, 3.8) is 0 Å². The van der Waals surface area contributed by atoms with Gasteiger partial charge in [-0.3, -0.25) is 9.69 Å². The highest BCUT2D eigenvalue weighted by atomic mass is 32.1. The van der Waals surface area contributed by atoms with Crippen LogP contribution in [0, 0.1) is 5.82 Å². The first-order chi connectivity index (χ1) is 15.6. The molecule has 0 aliphatic carbocycles. The molecule has 0 radical (unpaired) electrons. The van der Waals surface area contributed by atoms with Gasteiger partial charge in [-0.15, -0.1) is 11.3 Å². The van der Waals surface area contributed by atoms with Crippen molar-refractivity contribution < 1.29 is 9.18 Å². The maximum absolute atomic E-state index is 13.7. The van der Waals surface area contributed by atoms with Gasteiger partial charge in [0.1, 0.15) is 10.8 Å². The first-order valence-corrected chi connectivity index (χ1v) is 12.1. The number of amides is 1. The van der Waals surface area contributed by atoms with E-state index >= 15 is 0 Å². The number of nitrogens with one attached hydrogen (secondary N) is 1. The lowest BCUT2D eigenvalue weighted by atomic mass is 9.97. The molecule has 1 aromatic heterocycles. The Morgan fingerprint density at radius 1 is 1.03 bits per heavy atom. The zero-order chi connectivity index (χ0) is 22.5. The molecule has 32 heavy (non-hydrogen) atoms. The Morgan fingerprint density at radius 2 is 1.72 bits per heavy atom. The molecule has 4 nitrogen and oxygen atoms in total. The Labute approximate surface area is 193 Å². The predicted octanol–water partition coefficient (Wildman–Crippen LogP) is 5.43. The lowest BCUT2D eigenvalue weighted by molar-refractivity contribution is 0.102. The van der Waals surface area contributed by atoms with Crippen LogP contribution in [0.5, 0.6) is 0 Å². The van der Waals surface area contributed by atoms with E-state index in [9.17, 15) is 9.18 Å². The normalized spacial score (nSPS) is 16.1. The molecule has 1 atom stereocenters. The summed E-state index contributed by atoms with van der Waals surface area (Å²) in [7, 11) is 0. The van der Waals surface area contributed by atoms with Crippen molar-refractivity contribution in [2.75, 3.05) is 38.0 Å². The molecule has 1 aliphatic rings. The Bertz CT molecular complexity index is 1030. The SMILES string of the molecule is CCc1cc([C@H](c2ccc(F)cc2)N2CCN(CC)CC2)c(NC(=O)c2ccccc2)s1. The van der Waals surface area contributed by atoms with E-state index < -0.39 is 0 Å². The van der Waals surface area contributed by atoms with Gasteiger partial charge in [0.2, 0.25) is 0 Å². The molecule has 2 heterocycles. The van der Waals surface area contributed by atoms with Gasteiger partial charge in [0.25, 0.3) is 5.91 Å². The Morgan fingerprint density at radius 3 is 2.34 bits per heavy atom. The molecule has 0 saturated carbocycles. The molecule has 168 valence electrons. The fraction of sp³-hybridized carbons (Fsp3) is 0.346. The molecule has 0 unspecified atom stereocenters. The third kappa shape index (κ3) is 5.09. The van der Waals surface area contributed by atoms with Gasteiger partial charge in [-0.25, -0.2) is 4.39 Å². The van der Waals surface area contributed by atoms with Crippen molar-refractivity contribution in [2.24, 2.45) is 0 Å². The molecule has 3 aromatic rings. The Hall–Kier alpha value is -2.54. The van der Waals surface area contributed by atoms with Gasteiger partial charge >= 0.3 is 0 Å². The monoisotopic (exact) mass is 451 g/mol. The summed E-state index contributed by atoms with van der Waals surface area (Å²) in [5.41, 5.74) is 2.78. The molecular formula is C26H30FN3OS. The van der Waals surface area contributed by atoms with Gasteiger partial charge in [0.15, 0.2) is 0 Å². The quantitative estimate of drug-likeness (QED) is 0.520. The van der Waals surface area contributed by atoms with Crippen molar-refractivity contribution in [3.8, 4) is 0 Å². The number of piperazine rings is 1. The fourth-order valence-corrected chi connectivity index (χ4v) is 5.29. The molecule has 1 N–H and O–H groups in total. The lowest BCUT2D eigenvalue weighted by Crippen LogP contribution is -2.47. The van der Waals surface area contributed by atoms with Gasteiger partial charge in [0, 0.05) is 42.2 Å². The second kappa shape index (κ2) is 10.4. The van der Waals surface area contributed by atoms with Crippen LogP contribution in [-0.4, -0.2) is 48.4 Å². The van der Waals surface area contributed by atoms with Crippen molar-refractivity contribution >= 4 is 22.2 Å². The Balaban J connectivity index is 1.71. The largest absolute Gasteiger partial charge is 0.313 e. The predicted molar refractivity (Wildman–Crippen MR) is 130 cm³/mol. The fourth-order valence-electron chi connectivity index (χ4n) is 4.27. The third-order valence-corrected chi connectivity index (χ3v) is 7.33. The highest BCUT2D eigenvalue weighted by Gasteiger charge is 2.29. The summed E-state index contributed by atoms with van der Waals surface area (Å²) in [6, 6.07) is 18.3. The molecule has 4 rings (SSSR count). The average molecular weight is 452 g/mol. The zero-order valence-electron chi connectivity index (χ0n) is 18.7. The van der Waals surface area contributed by atoms with Crippen LogP contribution in [0.3, 0.4) is 0 Å². The number of anilines is 1. The smallest absolute Gasteiger partial charge is 0.256 e. The summed E-state index contributed by atoms with van der Waals surface area (Å²) in [4.78, 5) is 19.1. The molecule has 0 spiro atoms. The summed E-state index contributed by atoms with van der Waals surface area (Å²) in [5, 5.41) is 4.05. The number of rotatable bonds is 7. The summed E-state index contributed by atoms with van der Waals surface area (Å²) in [5.74, 6) is -0.342. The number of carbonyl (C=O) groups is 1. The molecule has 1 amide bonds. The van der Waals surface area contributed by atoms with Crippen molar-refractivity contribution in [3.05, 3.63) is 88.0 Å². The standard InChI is InChI=1S/C26H30FN3OS/c1-3-22-18-23(26(32-22)28-25(31)20-8-6-5-7-9-20)24(19-10-12-21(27)13-11-19)30-16-14-29(4-2)15-17-30/h5-13,18,24H,3-4,14-17H2,1-2H3,(H,28,31)/t24-/m0/s1. The number of benzene rings is 2. The number of thiophene rings is 1. The summed E-state index contributed by atoms with van der Waals surface area (Å²) in [6.45, 7) is 9.24. The third-order valence-electron chi connectivity index (χ3n) is 6.12. The highest BCUT2D eigenvalue weighted by Crippen LogP contribution is 2.40. The van der Waals surface area contributed by atoms with E-state index in [-0.39, 0.29) is 17.8 Å². The van der Waals surface area contributed by atoms with Gasteiger partial charge in [-0.05, 0) is 48.9 Å². The van der Waals surface area contributed by atoms with Crippen molar-refractivity contribution in [1.82, 2.24) is 9.80 Å². The van der Waals surface area contributed by atoms with E-state index in [2.05, 4.69) is 35.0 Å². The topological polar surface area (TPSA) is 35.6 Å². The van der Waals surface area contributed by atoms with Crippen LogP contribution >= 0.6 is 11.3 Å². The Kier molecular flexibility index (Phi) is 7.35. The molecule has 1 fully saturated rings. The van der Waals surface area contributed by atoms with Gasteiger partial charge in [0.05, 0.1) is 6.04 Å². The van der Waals surface area contributed by atoms with Crippen molar-refractivity contribution in [2.45, 2.75) is 26.3 Å². The van der Waals surface area contributed by atoms with Crippen LogP contribution < -0.4 is 5.32 Å². The summed E-state index contributed by atoms with van der Waals surface area (Å²) >= 11 is 1.63. The minimum atomic E-state index is -0.236. The van der Waals surface area contributed by atoms with E-state index in [1.54, 1.807) is 11.3 Å². The number of hydrogen-bond acceptors (Lipinski definition) is 4. The van der Waals surface area contributed by atoms with E-state index in [0.717, 1.165) is 55.3 Å². The molecule has 6 heteroatoms. The van der Waals surface area contributed by atoms with Crippen LogP contribution in [0.1, 0.15) is 46.3 Å². The minimum absolute atomic E-state index is 0.0303. The van der Waals surface area contributed by atoms with Crippen LogP contribution in [0.4, 0.5) is 9.39 Å². The number of nitrogens with zero attached hydrogens (tertiary/aromatic N) is 2. The van der Waals surface area contributed by atoms with Crippen LogP contribution in [0.25, 0.3) is 0 Å². The molecule has 2 aromatic carbocycles. The van der Waals surface area contributed by atoms with Gasteiger partial charge in [-0.1, -0.05) is 44.2 Å². The maximum Gasteiger partial charge on any atom is 0.256 e. The summed E-state index contributed by atoms with van der Waals surface area (Å²) < 4.78 is 13.7. The van der Waals surface area contributed by atoms with E-state index in [4.69, 9.17) is 0 Å². The van der Waals surface area contributed by atoms with Crippen LogP contribution in [0.2, 0.25) is 0 Å². The van der Waals surface area contributed by atoms with Gasteiger partial charge in [-0.2, -0.15) is 0 Å². The molecule has 1 saturated heterocycles. The summed E-state index contributed by atoms with van der Waals surface area (Å²) in [6.07, 6.45) is 0.901. The molecule has 0 bridgehead atoms. The number of carbonyl (C=O) groups excluding carboxylic acids is 1. The second-order valence-corrected chi connectivity index (χ2v) is 9.23. The first kappa shape index (κ1) is 22.6. The molecular weight excluding hydrogens is 421 g/mol. The first-order valence-electron chi connectivity index (χ1n) is 11.3. The number of likely N-dealkylation sites (N-methyl/N-ethyl adjacent to an activating group) is 1. The lowest BCUT2D eigenvalue weighted by Gasteiger charge is -2.39. The molecule has 1 aliphatic heterocycles. The van der Waals surface area contributed by atoms with Crippen LogP contribution in [-0.2, 0) is 6.42 Å². The second-order valence-electron chi connectivity index (χ2n) is 8.10. The highest BCUT2D eigenvalue weighted by molar-refractivity contribution is 7.16. The van der Waals surface area contributed by atoms with E-state index in [0.29, 0.717) is 5.56 Å². The van der Waals surface area contributed by atoms with Crippen LogP contribution in [0.15, 0.2) is 60.7 Å².